The van der Waals surface area contributed by atoms with Gasteiger partial charge in [-0.3, -0.25) is 4.90 Å². The molecule has 1 aromatic rings. The molecule has 2 rings (SSSR count). The van der Waals surface area contributed by atoms with Gasteiger partial charge in [0.25, 0.3) is 0 Å². The first-order chi connectivity index (χ1) is 7.66. The van der Waals surface area contributed by atoms with Gasteiger partial charge in [-0.05, 0) is 38.8 Å². The highest BCUT2D eigenvalue weighted by Crippen LogP contribution is 2.24. The van der Waals surface area contributed by atoms with Crippen LogP contribution in [-0.4, -0.2) is 22.0 Å². The number of hydrogen-bond acceptors (Lipinski definition) is 2. The third kappa shape index (κ3) is 2.74. The molecule has 1 fully saturated rings. The van der Waals surface area contributed by atoms with Crippen molar-refractivity contribution in [1.82, 2.24) is 9.88 Å². The Balaban J connectivity index is 2.07. The summed E-state index contributed by atoms with van der Waals surface area (Å²) >= 11 is 5.91. The smallest absolute Gasteiger partial charge is 0.129 e. The molecule has 2 heterocycles. The second-order valence-corrected chi connectivity index (χ2v) is 5.14. The Morgan fingerprint density at radius 1 is 1.31 bits per heavy atom. The molecule has 1 aliphatic rings. The lowest BCUT2D eigenvalue weighted by Crippen LogP contribution is -2.43. The fourth-order valence-electron chi connectivity index (χ4n) is 2.51. The minimum absolute atomic E-state index is 0.592. The normalized spacial score (nSPS) is 26.9. The second kappa shape index (κ2) is 5.15. The van der Waals surface area contributed by atoms with Crippen LogP contribution in [0.4, 0.5) is 0 Å². The number of aromatic nitrogens is 1. The summed E-state index contributed by atoms with van der Waals surface area (Å²) in [6.07, 6.45) is 3.94. The van der Waals surface area contributed by atoms with Gasteiger partial charge in [-0.25, -0.2) is 4.98 Å². The lowest BCUT2D eigenvalue weighted by molar-refractivity contribution is 0.0938. The zero-order chi connectivity index (χ0) is 11.5. The van der Waals surface area contributed by atoms with Gasteiger partial charge in [0.05, 0.1) is 5.69 Å². The van der Waals surface area contributed by atoms with Crippen LogP contribution in [-0.2, 0) is 6.54 Å². The standard InChI is InChI=1S/C13H19ClN2/c1-10-5-3-6-11(2)16(10)9-12-7-4-8-13(14)15-12/h4,7-8,10-11H,3,5-6,9H2,1-2H3. The monoisotopic (exact) mass is 238 g/mol. The summed E-state index contributed by atoms with van der Waals surface area (Å²) in [5.74, 6) is 0. The minimum Gasteiger partial charge on any atom is -0.292 e. The first-order valence-corrected chi connectivity index (χ1v) is 6.42. The number of hydrogen-bond donors (Lipinski definition) is 0. The van der Waals surface area contributed by atoms with E-state index in [4.69, 9.17) is 11.6 Å². The molecule has 1 aromatic heterocycles. The molecule has 0 aromatic carbocycles. The van der Waals surface area contributed by atoms with E-state index in [9.17, 15) is 0 Å². The third-order valence-electron chi connectivity index (χ3n) is 3.49. The number of nitrogens with zero attached hydrogens (tertiary/aromatic N) is 2. The van der Waals surface area contributed by atoms with Crippen LogP contribution in [0.25, 0.3) is 0 Å². The molecule has 0 aliphatic carbocycles. The van der Waals surface area contributed by atoms with Crippen molar-refractivity contribution in [3.8, 4) is 0 Å². The van der Waals surface area contributed by atoms with Gasteiger partial charge in [-0.15, -0.1) is 0 Å². The van der Waals surface area contributed by atoms with Gasteiger partial charge >= 0.3 is 0 Å². The Hall–Kier alpha value is -0.600. The summed E-state index contributed by atoms with van der Waals surface area (Å²) in [6, 6.07) is 7.17. The average Bonchev–Trinajstić information content (AvgIpc) is 2.24. The van der Waals surface area contributed by atoms with E-state index in [0.29, 0.717) is 17.2 Å². The van der Waals surface area contributed by atoms with Crippen LogP contribution >= 0.6 is 11.6 Å². The molecule has 0 bridgehead atoms. The van der Waals surface area contributed by atoms with Crippen molar-refractivity contribution in [3.05, 3.63) is 29.0 Å². The van der Waals surface area contributed by atoms with Crippen molar-refractivity contribution < 1.29 is 0 Å². The molecule has 3 heteroatoms. The third-order valence-corrected chi connectivity index (χ3v) is 3.70. The molecule has 0 spiro atoms. The number of halogens is 1. The molecule has 2 nitrogen and oxygen atoms in total. The van der Waals surface area contributed by atoms with E-state index in [0.717, 1.165) is 12.2 Å². The van der Waals surface area contributed by atoms with Gasteiger partial charge in [-0.2, -0.15) is 0 Å². The highest BCUT2D eigenvalue weighted by atomic mass is 35.5. The molecule has 1 saturated heterocycles. The molecular formula is C13H19ClN2. The predicted molar refractivity (Wildman–Crippen MR) is 67.6 cm³/mol. The molecule has 1 aliphatic heterocycles. The number of likely N-dealkylation sites (tertiary alicyclic amines) is 1. The second-order valence-electron chi connectivity index (χ2n) is 4.75. The molecule has 0 radical (unpaired) electrons. The van der Waals surface area contributed by atoms with Crippen LogP contribution in [0.1, 0.15) is 38.8 Å². The Kier molecular flexibility index (Phi) is 3.82. The summed E-state index contributed by atoms with van der Waals surface area (Å²) in [7, 11) is 0. The van der Waals surface area contributed by atoms with Crippen LogP contribution < -0.4 is 0 Å². The lowest BCUT2D eigenvalue weighted by Gasteiger charge is -2.38. The van der Waals surface area contributed by atoms with Crippen LogP contribution in [0.2, 0.25) is 5.15 Å². The minimum atomic E-state index is 0.592. The zero-order valence-corrected chi connectivity index (χ0v) is 10.7. The maximum absolute atomic E-state index is 5.91. The largest absolute Gasteiger partial charge is 0.292 e. The Morgan fingerprint density at radius 2 is 2.00 bits per heavy atom. The summed E-state index contributed by atoms with van der Waals surface area (Å²) in [6.45, 7) is 5.53. The van der Waals surface area contributed by atoms with E-state index in [1.807, 2.05) is 12.1 Å². The fraction of sp³-hybridized carbons (Fsp3) is 0.615. The maximum atomic E-state index is 5.91. The van der Waals surface area contributed by atoms with Crippen LogP contribution in [0.5, 0.6) is 0 Å². The number of piperidine rings is 1. The van der Waals surface area contributed by atoms with Crippen molar-refractivity contribution in [2.24, 2.45) is 0 Å². The van der Waals surface area contributed by atoms with Gasteiger partial charge in [0, 0.05) is 18.6 Å². The fourth-order valence-corrected chi connectivity index (χ4v) is 2.69. The van der Waals surface area contributed by atoms with Crippen LogP contribution in [0.3, 0.4) is 0 Å². The van der Waals surface area contributed by atoms with Gasteiger partial charge in [0.1, 0.15) is 5.15 Å². The summed E-state index contributed by atoms with van der Waals surface area (Å²) in [5, 5.41) is 0.592. The molecule has 0 N–H and O–H groups in total. The highest BCUT2D eigenvalue weighted by molar-refractivity contribution is 6.29. The van der Waals surface area contributed by atoms with Crippen molar-refractivity contribution in [2.75, 3.05) is 0 Å². The summed E-state index contributed by atoms with van der Waals surface area (Å²) < 4.78 is 0. The van der Waals surface area contributed by atoms with Gasteiger partial charge < -0.3 is 0 Å². The molecular weight excluding hydrogens is 220 g/mol. The van der Waals surface area contributed by atoms with Crippen molar-refractivity contribution in [2.45, 2.75) is 51.7 Å². The quantitative estimate of drug-likeness (QED) is 0.734. The lowest BCUT2D eigenvalue weighted by atomic mass is 9.97. The van der Waals surface area contributed by atoms with Crippen LogP contribution in [0.15, 0.2) is 18.2 Å². The van der Waals surface area contributed by atoms with Crippen molar-refractivity contribution in [3.63, 3.8) is 0 Å². The van der Waals surface area contributed by atoms with Crippen molar-refractivity contribution >= 4 is 11.6 Å². The van der Waals surface area contributed by atoms with E-state index in [2.05, 4.69) is 29.8 Å². The Morgan fingerprint density at radius 3 is 2.62 bits per heavy atom. The van der Waals surface area contributed by atoms with Gasteiger partial charge in [-0.1, -0.05) is 24.1 Å². The summed E-state index contributed by atoms with van der Waals surface area (Å²) in [4.78, 5) is 6.89. The topological polar surface area (TPSA) is 16.1 Å². The number of rotatable bonds is 2. The number of pyridine rings is 1. The van der Waals surface area contributed by atoms with E-state index in [1.54, 1.807) is 0 Å². The first kappa shape index (κ1) is 11.9. The van der Waals surface area contributed by atoms with E-state index >= 15 is 0 Å². The molecule has 88 valence electrons. The molecule has 2 unspecified atom stereocenters. The maximum Gasteiger partial charge on any atom is 0.129 e. The zero-order valence-electron chi connectivity index (χ0n) is 9.99. The first-order valence-electron chi connectivity index (χ1n) is 6.04. The highest BCUT2D eigenvalue weighted by Gasteiger charge is 2.24. The molecule has 16 heavy (non-hydrogen) atoms. The van der Waals surface area contributed by atoms with Crippen molar-refractivity contribution in [1.29, 1.82) is 0 Å². The Labute approximate surface area is 103 Å². The molecule has 2 atom stereocenters. The van der Waals surface area contributed by atoms with Gasteiger partial charge in [0.15, 0.2) is 0 Å². The van der Waals surface area contributed by atoms with E-state index < -0.39 is 0 Å². The summed E-state index contributed by atoms with van der Waals surface area (Å²) in [5.41, 5.74) is 1.08. The SMILES string of the molecule is CC1CCCC(C)N1Cc1cccc(Cl)n1. The predicted octanol–water partition coefficient (Wildman–Crippen LogP) is 3.50. The van der Waals surface area contributed by atoms with E-state index in [1.165, 1.54) is 19.3 Å². The van der Waals surface area contributed by atoms with Crippen LogP contribution in [0, 0.1) is 0 Å². The van der Waals surface area contributed by atoms with Gasteiger partial charge in [0.2, 0.25) is 0 Å². The molecule has 0 saturated carbocycles. The van der Waals surface area contributed by atoms with E-state index in [-0.39, 0.29) is 0 Å². The molecule has 0 amide bonds. The average molecular weight is 239 g/mol. The Bertz CT molecular complexity index is 344.